The lowest BCUT2D eigenvalue weighted by Gasteiger charge is -2.36. The van der Waals surface area contributed by atoms with Crippen LogP contribution in [0.15, 0.2) is 47.3 Å². The fraction of sp³-hybridized carbons (Fsp3) is 0.619. The van der Waals surface area contributed by atoms with Crippen molar-refractivity contribution in [3.63, 3.8) is 0 Å². The van der Waals surface area contributed by atoms with Gasteiger partial charge >= 0.3 is 6.09 Å². The molecule has 3 heterocycles. The molecule has 4 aliphatic carbocycles. The Labute approximate surface area is 357 Å². The molecule has 8 rings (SSSR count). The third-order valence-electron chi connectivity index (χ3n) is 13.7. The summed E-state index contributed by atoms with van der Waals surface area (Å²) < 4.78 is 69.5. The molecular formula is C42H51ClF2N6O9S. The molecular weight excluding hydrogens is 838 g/mol. The Hall–Kier alpha value is -4.58. The van der Waals surface area contributed by atoms with E-state index in [0.717, 1.165) is 0 Å². The lowest BCUT2D eigenvalue weighted by Crippen LogP contribution is -2.61. The molecule has 19 heteroatoms. The first-order chi connectivity index (χ1) is 28.6. The van der Waals surface area contributed by atoms with Crippen LogP contribution in [-0.2, 0) is 35.7 Å². The molecule has 15 nitrogen and oxygen atoms in total. The smallest absolute Gasteiger partial charge is 0.408 e. The summed E-state index contributed by atoms with van der Waals surface area (Å²) in [5.41, 5.74) is -3.46. The number of fused-ring (bicyclic) bond motifs is 7. The normalized spacial score (nSPS) is 33.7. The minimum Gasteiger partial charge on any atom is -0.459 e. The number of allylic oxidation sites excluding steroid dienone is 4. The molecule has 0 spiro atoms. The summed E-state index contributed by atoms with van der Waals surface area (Å²) in [6, 6.07) is 1.73. The van der Waals surface area contributed by atoms with Crippen LogP contribution in [0.25, 0.3) is 10.9 Å². The topological polar surface area (TPSA) is 195 Å². The minimum absolute atomic E-state index is 0.00109. The van der Waals surface area contributed by atoms with Crippen LogP contribution in [0.1, 0.15) is 73.1 Å². The van der Waals surface area contributed by atoms with Gasteiger partial charge in [-0.25, -0.2) is 22.0 Å². The maximum absolute atomic E-state index is 14.9. The number of alkyl halides is 2. The number of alkyl carbamates (subject to hydrolysis) is 1. The average Bonchev–Trinajstić information content (AvgIpc) is 4.05. The second-order valence-electron chi connectivity index (χ2n) is 18.9. The molecule has 1 aromatic heterocycles. The van der Waals surface area contributed by atoms with Gasteiger partial charge in [0.25, 0.3) is 17.5 Å². The van der Waals surface area contributed by atoms with Crippen molar-refractivity contribution < 1.29 is 45.9 Å². The van der Waals surface area contributed by atoms with Crippen molar-refractivity contribution in [1.82, 2.24) is 29.8 Å². The molecule has 2 bridgehead atoms. The fourth-order valence-electron chi connectivity index (χ4n) is 9.39. The molecule has 61 heavy (non-hydrogen) atoms. The van der Waals surface area contributed by atoms with Crippen molar-refractivity contribution in [3.05, 3.63) is 57.9 Å². The van der Waals surface area contributed by atoms with Gasteiger partial charge in [0, 0.05) is 23.4 Å². The van der Waals surface area contributed by atoms with Gasteiger partial charge in [0.05, 0.1) is 28.1 Å². The van der Waals surface area contributed by atoms with Crippen LogP contribution in [0.2, 0.25) is 5.02 Å². The van der Waals surface area contributed by atoms with E-state index in [9.17, 15) is 41.2 Å². The number of sulfonamides is 1. The van der Waals surface area contributed by atoms with E-state index in [0.29, 0.717) is 24.3 Å². The summed E-state index contributed by atoms with van der Waals surface area (Å²) in [6.07, 6.45) is 4.47. The second-order valence-corrected chi connectivity index (χ2v) is 21.5. The first kappa shape index (κ1) is 43.1. The number of nitrogens with zero attached hydrogens (tertiary/aromatic N) is 3. The molecule has 2 aromatic rings. The average molecular weight is 889 g/mol. The van der Waals surface area contributed by atoms with Crippen LogP contribution >= 0.6 is 11.6 Å². The number of benzene rings is 1. The van der Waals surface area contributed by atoms with Crippen LogP contribution in [0.5, 0.6) is 6.01 Å². The van der Waals surface area contributed by atoms with E-state index in [1.165, 1.54) is 22.5 Å². The van der Waals surface area contributed by atoms with Gasteiger partial charge in [-0.3, -0.25) is 28.5 Å². The number of halogens is 3. The van der Waals surface area contributed by atoms with Gasteiger partial charge in [-0.05, 0) is 80.9 Å². The van der Waals surface area contributed by atoms with Crippen molar-refractivity contribution in [2.24, 2.45) is 35.0 Å². The van der Waals surface area contributed by atoms with Gasteiger partial charge in [-0.2, -0.15) is 4.98 Å². The Kier molecular flexibility index (Phi) is 10.8. The SMILES string of the molecule is C[C@@H]1[C@@H]2CN(C(=O)[C@H](C(C)(C)C)NC(=O)O[C@@H]3C[C@@H]4C=C[C@@H]4[C@H]3CC/C=C/Cn3c(nc4cc(Cl)ccc4c3=O)O2)[C@@H]1C(=O)N[C@]1(C(=O)NS(=O)(=O)C2(C)CC2)C[C@H]1C(F)F. The number of ether oxygens (including phenoxy) is 2. The third-order valence-corrected chi connectivity index (χ3v) is 16.1. The molecule has 4 amide bonds. The molecule has 0 radical (unpaired) electrons. The van der Waals surface area contributed by atoms with Crippen molar-refractivity contribution in [3.8, 4) is 6.01 Å². The zero-order chi connectivity index (χ0) is 44.0. The first-order valence-electron chi connectivity index (χ1n) is 20.8. The van der Waals surface area contributed by atoms with Crippen LogP contribution in [0.4, 0.5) is 13.6 Å². The predicted molar refractivity (Wildman–Crippen MR) is 219 cm³/mol. The molecule has 6 aliphatic rings. The second kappa shape index (κ2) is 15.3. The standard InChI is InChI=1S/C42H51ClF2N6O9S/c1-21-30-20-51(31(21)34(52)48-42(19-27(42)33(44)45)37(55)49-61(57,58)41(5)14-15-41)36(54)32(40(2,3)4)47-39(56)60-29-17-22-10-12-24(22)25(29)9-7-6-8-16-50-35(53)26-13-11-23(43)18-28(26)46-38(50)59-30/h6,8,10-13,18,21-22,24-25,27,29-33H,7,9,14-17,19-20H2,1-5H3,(H,47,56)(H,48,52)(H,49,55)/b8-6+/t21-,22+,24+,25-,27+,29-,30+,31+,32-,42-/m1/s1. The largest absolute Gasteiger partial charge is 0.459 e. The molecule has 1 saturated heterocycles. The quantitative estimate of drug-likeness (QED) is 0.349. The molecule has 3 N–H and O–H groups in total. The predicted octanol–water partition coefficient (Wildman–Crippen LogP) is 4.46. The molecule has 2 aliphatic heterocycles. The molecule has 10 atom stereocenters. The van der Waals surface area contributed by atoms with Crippen LogP contribution in [0, 0.1) is 35.0 Å². The number of hydrogen-bond donors (Lipinski definition) is 3. The summed E-state index contributed by atoms with van der Waals surface area (Å²) in [6.45, 7) is 7.93. The summed E-state index contributed by atoms with van der Waals surface area (Å²) in [4.78, 5) is 76.9. The highest BCUT2D eigenvalue weighted by atomic mass is 35.5. The number of nitrogens with one attached hydrogen (secondary N) is 3. The van der Waals surface area contributed by atoms with Gasteiger partial charge in [0.1, 0.15) is 29.8 Å². The molecule has 3 saturated carbocycles. The zero-order valence-electron chi connectivity index (χ0n) is 34.5. The Morgan fingerprint density at radius 2 is 1.82 bits per heavy atom. The lowest BCUT2D eigenvalue weighted by atomic mass is 9.79. The monoisotopic (exact) mass is 888 g/mol. The minimum atomic E-state index is -4.28. The van der Waals surface area contributed by atoms with Crippen LogP contribution < -0.4 is 25.7 Å². The van der Waals surface area contributed by atoms with Gasteiger partial charge in [-0.1, -0.05) is 63.6 Å². The number of aromatic nitrogens is 2. The van der Waals surface area contributed by atoms with E-state index < -0.39 is 104 Å². The number of rotatable bonds is 6. The van der Waals surface area contributed by atoms with E-state index in [1.807, 2.05) is 16.9 Å². The van der Waals surface area contributed by atoms with Crippen LogP contribution in [-0.4, -0.2) is 94.2 Å². The van der Waals surface area contributed by atoms with Gasteiger partial charge in [0.2, 0.25) is 28.3 Å². The molecule has 330 valence electrons. The van der Waals surface area contributed by atoms with E-state index in [4.69, 9.17) is 21.1 Å². The summed E-state index contributed by atoms with van der Waals surface area (Å²) in [5.74, 6) is -5.24. The fourth-order valence-corrected chi connectivity index (χ4v) is 10.9. The van der Waals surface area contributed by atoms with Crippen molar-refractivity contribution in [2.75, 3.05) is 6.54 Å². The van der Waals surface area contributed by atoms with Crippen LogP contribution in [0.3, 0.4) is 0 Å². The zero-order valence-corrected chi connectivity index (χ0v) is 36.1. The third kappa shape index (κ3) is 7.80. The molecule has 4 fully saturated rings. The van der Waals surface area contributed by atoms with Crippen molar-refractivity contribution in [1.29, 1.82) is 0 Å². The van der Waals surface area contributed by atoms with E-state index in [2.05, 4.69) is 27.8 Å². The van der Waals surface area contributed by atoms with E-state index in [-0.39, 0.29) is 60.6 Å². The number of amides is 4. The van der Waals surface area contributed by atoms with Crippen molar-refractivity contribution in [2.45, 2.75) is 121 Å². The highest BCUT2D eigenvalue weighted by Gasteiger charge is 2.67. The number of carbonyl (C=O) groups is 4. The highest BCUT2D eigenvalue weighted by Crippen LogP contribution is 2.50. The molecule has 0 unspecified atom stereocenters. The maximum Gasteiger partial charge on any atom is 0.408 e. The Balaban J connectivity index is 1.18. The number of hydrogen-bond acceptors (Lipinski definition) is 10. The summed E-state index contributed by atoms with van der Waals surface area (Å²) in [7, 11) is -4.28. The van der Waals surface area contributed by atoms with Gasteiger partial charge in [-0.15, -0.1) is 0 Å². The van der Waals surface area contributed by atoms with Gasteiger partial charge < -0.3 is 25.0 Å². The Morgan fingerprint density at radius 3 is 2.46 bits per heavy atom. The Morgan fingerprint density at radius 1 is 1.08 bits per heavy atom. The maximum atomic E-state index is 14.9. The van der Waals surface area contributed by atoms with E-state index >= 15 is 0 Å². The summed E-state index contributed by atoms with van der Waals surface area (Å²) in [5, 5.41) is 5.81. The first-order valence-corrected chi connectivity index (χ1v) is 22.6. The van der Waals surface area contributed by atoms with Gasteiger partial charge in [0.15, 0.2) is 0 Å². The molecule has 1 aromatic carbocycles. The van der Waals surface area contributed by atoms with Crippen molar-refractivity contribution >= 4 is 56.3 Å². The summed E-state index contributed by atoms with van der Waals surface area (Å²) >= 11 is 6.29. The highest BCUT2D eigenvalue weighted by molar-refractivity contribution is 7.91. The van der Waals surface area contributed by atoms with E-state index in [1.54, 1.807) is 39.8 Å². The lowest BCUT2D eigenvalue weighted by molar-refractivity contribution is -0.143. The Bertz CT molecular complexity index is 2400. The number of carbonyl (C=O) groups excluding carboxylic acids is 4.